The predicted octanol–water partition coefficient (Wildman–Crippen LogP) is 5.08. The van der Waals surface area contributed by atoms with E-state index < -0.39 is 0 Å². The predicted molar refractivity (Wildman–Crippen MR) is 81.0 cm³/mol. The number of aryl methyl sites for hydroxylation is 1. The van der Waals surface area contributed by atoms with Gasteiger partial charge in [0.25, 0.3) is 0 Å². The maximum atomic E-state index is 13.4. The Morgan fingerprint density at radius 3 is 2.63 bits per heavy atom. The van der Waals surface area contributed by atoms with Gasteiger partial charge >= 0.3 is 0 Å². The van der Waals surface area contributed by atoms with Gasteiger partial charge in [-0.15, -0.1) is 0 Å². The highest BCUT2D eigenvalue weighted by Crippen LogP contribution is 2.23. The number of carbonyl (C=O) groups excluding carboxylic acids is 1. The third-order valence-corrected chi connectivity index (χ3v) is 4.09. The van der Waals surface area contributed by atoms with Gasteiger partial charge in [0.05, 0.1) is 4.47 Å². The molecule has 0 spiro atoms. The third-order valence-electron chi connectivity index (χ3n) is 2.75. The first-order valence-electron chi connectivity index (χ1n) is 5.70. The van der Waals surface area contributed by atoms with E-state index in [0.717, 1.165) is 10.0 Å². The van der Waals surface area contributed by atoms with Gasteiger partial charge in [-0.25, -0.2) is 4.39 Å². The molecule has 98 valence electrons. The number of benzene rings is 2. The third kappa shape index (κ3) is 3.51. The molecule has 1 nitrogen and oxygen atoms in total. The SMILES string of the molecule is Cc1cc(Br)cc(C(=O)Cc2cccc(F)c2Br)c1. The molecule has 0 bridgehead atoms. The lowest BCUT2D eigenvalue weighted by Crippen LogP contribution is -2.05. The minimum atomic E-state index is -0.351. The fraction of sp³-hybridized carbons (Fsp3) is 0.133. The molecule has 2 rings (SSSR count). The smallest absolute Gasteiger partial charge is 0.167 e. The topological polar surface area (TPSA) is 17.1 Å². The molecule has 19 heavy (non-hydrogen) atoms. The van der Waals surface area contributed by atoms with Crippen LogP contribution in [0.2, 0.25) is 0 Å². The van der Waals surface area contributed by atoms with Crippen molar-refractivity contribution in [1.29, 1.82) is 0 Å². The van der Waals surface area contributed by atoms with Crippen LogP contribution >= 0.6 is 31.9 Å². The maximum Gasteiger partial charge on any atom is 0.167 e. The van der Waals surface area contributed by atoms with E-state index in [1.54, 1.807) is 18.2 Å². The van der Waals surface area contributed by atoms with Crippen molar-refractivity contribution in [3.05, 3.63) is 67.9 Å². The zero-order valence-electron chi connectivity index (χ0n) is 10.2. The van der Waals surface area contributed by atoms with Crippen LogP contribution in [0.4, 0.5) is 4.39 Å². The molecular formula is C15H11Br2FO. The van der Waals surface area contributed by atoms with Gasteiger partial charge in [-0.05, 0) is 58.2 Å². The van der Waals surface area contributed by atoms with Crippen molar-refractivity contribution in [2.24, 2.45) is 0 Å². The Balaban J connectivity index is 2.28. The van der Waals surface area contributed by atoms with Gasteiger partial charge in [0.1, 0.15) is 5.82 Å². The number of hydrogen-bond acceptors (Lipinski definition) is 1. The molecule has 2 aromatic rings. The second kappa shape index (κ2) is 5.97. The Morgan fingerprint density at radius 2 is 1.95 bits per heavy atom. The molecule has 0 aliphatic carbocycles. The summed E-state index contributed by atoms with van der Waals surface area (Å²) in [7, 11) is 0. The first kappa shape index (κ1) is 14.4. The summed E-state index contributed by atoms with van der Waals surface area (Å²) in [6, 6.07) is 10.3. The number of ketones is 1. The van der Waals surface area contributed by atoms with Crippen LogP contribution in [0.1, 0.15) is 21.5 Å². The number of halogens is 3. The molecule has 0 N–H and O–H groups in total. The summed E-state index contributed by atoms with van der Waals surface area (Å²) in [5.74, 6) is -0.383. The molecule has 0 saturated heterocycles. The summed E-state index contributed by atoms with van der Waals surface area (Å²) in [5, 5.41) is 0. The van der Waals surface area contributed by atoms with Crippen LogP contribution in [0.5, 0.6) is 0 Å². The fourth-order valence-corrected chi connectivity index (χ4v) is 2.87. The summed E-state index contributed by atoms with van der Waals surface area (Å²) in [6.45, 7) is 1.93. The van der Waals surface area contributed by atoms with Gasteiger partial charge in [0, 0.05) is 16.5 Å². The van der Waals surface area contributed by atoms with E-state index in [1.807, 2.05) is 19.1 Å². The molecule has 0 aromatic heterocycles. The van der Waals surface area contributed by atoms with Crippen LogP contribution < -0.4 is 0 Å². The normalized spacial score (nSPS) is 10.5. The fourth-order valence-electron chi connectivity index (χ4n) is 1.86. The first-order chi connectivity index (χ1) is 8.97. The molecule has 0 aliphatic heterocycles. The summed E-state index contributed by atoms with van der Waals surface area (Å²) < 4.78 is 14.6. The monoisotopic (exact) mass is 384 g/mol. The van der Waals surface area contributed by atoms with Crippen LogP contribution in [0, 0.1) is 12.7 Å². The zero-order valence-corrected chi connectivity index (χ0v) is 13.4. The van der Waals surface area contributed by atoms with E-state index in [2.05, 4.69) is 31.9 Å². The molecule has 0 amide bonds. The van der Waals surface area contributed by atoms with Gasteiger partial charge in [0.15, 0.2) is 5.78 Å². The minimum absolute atomic E-state index is 0.0318. The Bertz CT molecular complexity index is 618. The highest BCUT2D eigenvalue weighted by molar-refractivity contribution is 9.10. The van der Waals surface area contributed by atoms with Crippen molar-refractivity contribution in [1.82, 2.24) is 0 Å². The highest BCUT2D eigenvalue weighted by atomic mass is 79.9. The Kier molecular flexibility index (Phi) is 4.53. The van der Waals surface area contributed by atoms with Crippen LogP contribution in [-0.4, -0.2) is 5.78 Å². The summed E-state index contributed by atoms with van der Waals surface area (Å²) in [4.78, 5) is 12.2. The second-order valence-electron chi connectivity index (χ2n) is 4.33. The van der Waals surface area contributed by atoms with Crippen LogP contribution in [0.25, 0.3) is 0 Å². The van der Waals surface area contributed by atoms with Gasteiger partial charge in [-0.3, -0.25) is 4.79 Å². The van der Waals surface area contributed by atoms with Crippen molar-refractivity contribution in [3.8, 4) is 0 Å². The van der Waals surface area contributed by atoms with Crippen molar-refractivity contribution in [2.75, 3.05) is 0 Å². The first-order valence-corrected chi connectivity index (χ1v) is 7.29. The quantitative estimate of drug-likeness (QED) is 0.673. The lowest BCUT2D eigenvalue weighted by molar-refractivity contribution is 0.0992. The summed E-state index contributed by atoms with van der Waals surface area (Å²) >= 11 is 6.54. The van der Waals surface area contributed by atoms with E-state index in [0.29, 0.717) is 15.6 Å². The van der Waals surface area contributed by atoms with Crippen LogP contribution in [0.15, 0.2) is 45.3 Å². The van der Waals surface area contributed by atoms with Gasteiger partial charge in [-0.2, -0.15) is 0 Å². The van der Waals surface area contributed by atoms with Gasteiger partial charge in [-0.1, -0.05) is 28.1 Å². The van der Waals surface area contributed by atoms with E-state index in [-0.39, 0.29) is 18.0 Å². The molecule has 4 heteroatoms. The minimum Gasteiger partial charge on any atom is -0.294 e. The van der Waals surface area contributed by atoms with E-state index in [9.17, 15) is 9.18 Å². The lowest BCUT2D eigenvalue weighted by atomic mass is 10.0. The number of Topliss-reactive ketones (excluding diaryl/α,β-unsaturated/α-hetero) is 1. The Hall–Kier alpha value is -1.00. The summed E-state index contributed by atoms with van der Waals surface area (Å²) in [5.41, 5.74) is 2.29. The van der Waals surface area contributed by atoms with E-state index >= 15 is 0 Å². The number of rotatable bonds is 3. The zero-order chi connectivity index (χ0) is 14.0. The molecule has 0 unspecified atom stereocenters. The van der Waals surface area contributed by atoms with Gasteiger partial charge < -0.3 is 0 Å². The van der Waals surface area contributed by atoms with E-state index in [4.69, 9.17) is 0 Å². The average Bonchev–Trinajstić information content (AvgIpc) is 2.33. The van der Waals surface area contributed by atoms with Gasteiger partial charge in [0.2, 0.25) is 0 Å². The number of hydrogen-bond donors (Lipinski definition) is 0. The van der Waals surface area contributed by atoms with E-state index in [1.165, 1.54) is 6.07 Å². The largest absolute Gasteiger partial charge is 0.294 e. The molecule has 0 atom stereocenters. The molecule has 2 aromatic carbocycles. The molecule has 0 radical (unpaired) electrons. The van der Waals surface area contributed by atoms with Crippen LogP contribution in [-0.2, 0) is 6.42 Å². The van der Waals surface area contributed by atoms with Crippen molar-refractivity contribution >= 4 is 37.6 Å². The maximum absolute atomic E-state index is 13.4. The molecule has 0 saturated carbocycles. The molecular weight excluding hydrogens is 375 g/mol. The number of carbonyl (C=O) groups is 1. The summed E-state index contributed by atoms with van der Waals surface area (Å²) in [6.07, 6.45) is 0.175. The highest BCUT2D eigenvalue weighted by Gasteiger charge is 2.12. The Labute approximate surface area is 128 Å². The molecule has 0 fully saturated rings. The molecule has 0 aliphatic rings. The van der Waals surface area contributed by atoms with Crippen molar-refractivity contribution in [2.45, 2.75) is 13.3 Å². The van der Waals surface area contributed by atoms with Crippen molar-refractivity contribution < 1.29 is 9.18 Å². The van der Waals surface area contributed by atoms with Crippen molar-refractivity contribution in [3.63, 3.8) is 0 Å². The second-order valence-corrected chi connectivity index (χ2v) is 6.04. The van der Waals surface area contributed by atoms with Crippen LogP contribution in [0.3, 0.4) is 0 Å². The lowest BCUT2D eigenvalue weighted by Gasteiger charge is -2.06. The molecule has 0 heterocycles. The Morgan fingerprint density at radius 1 is 1.21 bits per heavy atom. The average molecular weight is 386 g/mol. The standard InChI is InChI=1S/C15H11Br2FO/c1-9-5-11(7-12(16)6-9)14(19)8-10-3-2-4-13(18)15(10)17/h2-7H,8H2,1H3.